The number of piperidine rings is 1. The summed E-state index contributed by atoms with van der Waals surface area (Å²) in [6.45, 7) is 1.42. The Bertz CT molecular complexity index is 1070. The fraction of sp³-hybridized carbons (Fsp3) is 0.417. The number of pyridine rings is 1. The van der Waals surface area contributed by atoms with Gasteiger partial charge in [0.05, 0.1) is 11.3 Å². The van der Waals surface area contributed by atoms with Gasteiger partial charge in [-0.3, -0.25) is 4.98 Å². The van der Waals surface area contributed by atoms with E-state index in [4.69, 9.17) is 0 Å². The summed E-state index contributed by atoms with van der Waals surface area (Å²) >= 11 is 1.36. The Morgan fingerprint density at radius 2 is 1.91 bits per heavy atom. The molecule has 1 aliphatic carbocycles. The number of hydrogen-bond acceptors (Lipinski definition) is 5. The number of fused-ring (bicyclic) bond motifs is 1. The van der Waals surface area contributed by atoms with E-state index in [2.05, 4.69) is 15.3 Å². The highest BCUT2D eigenvalue weighted by atomic mass is 32.1. The van der Waals surface area contributed by atoms with Gasteiger partial charge in [-0.25, -0.2) is 4.98 Å². The predicted octanol–water partition coefficient (Wildman–Crippen LogP) is 6.98. The van der Waals surface area contributed by atoms with Crippen LogP contribution in [0.1, 0.15) is 37.7 Å². The number of nitrogens with one attached hydrogen (secondary N) is 1. The summed E-state index contributed by atoms with van der Waals surface area (Å²) in [6.07, 6.45) is 4.77. The Labute approximate surface area is 189 Å². The molecule has 1 saturated heterocycles. The van der Waals surface area contributed by atoms with Crippen molar-refractivity contribution in [2.24, 2.45) is 11.8 Å². The smallest absolute Gasteiger partial charge is 0.371 e. The van der Waals surface area contributed by atoms with E-state index in [0.29, 0.717) is 34.9 Å². The number of anilines is 3. The highest BCUT2D eigenvalue weighted by Crippen LogP contribution is 2.43. The minimum Gasteiger partial charge on any atom is -0.371 e. The molecule has 2 unspecified atom stereocenters. The molecule has 2 aliphatic rings. The first-order chi connectivity index (χ1) is 15.5. The average Bonchev–Trinajstić information content (AvgIpc) is 3.27. The molecular weight excluding hydrogens is 433 g/mol. The molecule has 168 valence electrons. The van der Waals surface area contributed by atoms with Crippen molar-refractivity contribution < 1.29 is 13.2 Å². The first kappa shape index (κ1) is 21.2. The van der Waals surface area contributed by atoms with Crippen LogP contribution in [0, 0.1) is 11.8 Å². The Balaban J connectivity index is 1.38. The molecule has 0 amide bonds. The van der Waals surface area contributed by atoms with Crippen LogP contribution in [-0.2, 0) is 6.18 Å². The maximum atomic E-state index is 14.0. The zero-order valence-corrected chi connectivity index (χ0v) is 18.4. The predicted molar refractivity (Wildman–Crippen MR) is 122 cm³/mol. The standard InChI is InChI=1S/C24H25F3N4S/c25-24(26,27)20-12-19(29-23-30-21(15-32-23)17-6-3-10-28-13-17)7-8-22(20)31-11-9-16-4-1-2-5-18(16)14-31/h3,6-8,10,12-13,15-16,18H,1-2,4-5,9,11,14H2,(H,29,30). The molecule has 0 radical (unpaired) electrons. The number of aromatic nitrogens is 2. The van der Waals surface area contributed by atoms with Gasteiger partial charge in [0.1, 0.15) is 0 Å². The molecule has 1 aromatic carbocycles. The molecule has 5 rings (SSSR count). The van der Waals surface area contributed by atoms with Crippen LogP contribution in [0.15, 0.2) is 48.1 Å². The normalized spacial score (nSPS) is 21.3. The summed E-state index contributed by atoms with van der Waals surface area (Å²) in [4.78, 5) is 10.5. The van der Waals surface area contributed by atoms with E-state index < -0.39 is 11.7 Å². The Morgan fingerprint density at radius 3 is 2.69 bits per heavy atom. The SMILES string of the molecule is FC(F)(F)c1cc(Nc2nc(-c3cccnc3)cs2)ccc1N1CCC2CCCCC2C1. The number of rotatable bonds is 4. The molecule has 32 heavy (non-hydrogen) atoms. The monoisotopic (exact) mass is 458 g/mol. The van der Waals surface area contributed by atoms with Gasteiger partial charge in [0, 0.05) is 47.8 Å². The second-order valence-corrected chi connectivity index (χ2v) is 9.53. The lowest BCUT2D eigenvalue weighted by Crippen LogP contribution is -2.42. The molecular formula is C24H25F3N4S. The summed E-state index contributed by atoms with van der Waals surface area (Å²) in [5.41, 5.74) is 1.71. The molecule has 4 nitrogen and oxygen atoms in total. The number of alkyl halides is 3. The highest BCUT2D eigenvalue weighted by molar-refractivity contribution is 7.14. The first-order valence-electron chi connectivity index (χ1n) is 11.1. The van der Waals surface area contributed by atoms with Gasteiger partial charge in [0.2, 0.25) is 0 Å². The molecule has 8 heteroatoms. The van der Waals surface area contributed by atoms with Gasteiger partial charge in [-0.05, 0) is 55.0 Å². The van der Waals surface area contributed by atoms with Crippen LogP contribution in [0.3, 0.4) is 0 Å². The first-order valence-corrected chi connectivity index (χ1v) is 11.9. The largest absolute Gasteiger partial charge is 0.418 e. The summed E-state index contributed by atoms with van der Waals surface area (Å²) < 4.78 is 42.0. The summed E-state index contributed by atoms with van der Waals surface area (Å²) in [5, 5.41) is 5.47. The van der Waals surface area contributed by atoms with Gasteiger partial charge in [0.25, 0.3) is 0 Å². The molecule has 1 aliphatic heterocycles. The maximum absolute atomic E-state index is 14.0. The Morgan fingerprint density at radius 1 is 1.06 bits per heavy atom. The van der Waals surface area contributed by atoms with E-state index in [1.54, 1.807) is 24.5 Å². The zero-order chi connectivity index (χ0) is 22.1. The quantitative estimate of drug-likeness (QED) is 0.458. The van der Waals surface area contributed by atoms with Gasteiger partial charge in [-0.15, -0.1) is 11.3 Å². The lowest BCUT2D eigenvalue weighted by Gasteiger charge is -2.43. The fourth-order valence-electron chi connectivity index (χ4n) is 5.04. The van der Waals surface area contributed by atoms with E-state index >= 15 is 0 Å². The third-order valence-corrected chi connectivity index (χ3v) is 7.40. The molecule has 2 atom stereocenters. The minimum absolute atomic E-state index is 0.294. The van der Waals surface area contributed by atoms with Crippen molar-refractivity contribution in [3.63, 3.8) is 0 Å². The minimum atomic E-state index is -4.42. The number of benzene rings is 1. The van der Waals surface area contributed by atoms with Crippen LogP contribution in [0.5, 0.6) is 0 Å². The second-order valence-electron chi connectivity index (χ2n) is 8.67. The van der Waals surface area contributed by atoms with E-state index in [-0.39, 0.29) is 0 Å². The molecule has 2 fully saturated rings. The molecule has 3 aromatic rings. The molecule has 1 saturated carbocycles. The molecule has 0 spiro atoms. The zero-order valence-electron chi connectivity index (χ0n) is 17.6. The van der Waals surface area contributed by atoms with Crippen LogP contribution in [-0.4, -0.2) is 23.1 Å². The van der Waals surface area contributed by atoms with Crippen molar-refractivity contribution in [2.75, 3.05) is 23.3 Å². The lowest BCUT2D eigenvalue weighted by atomic mass is 9.75. The summed E-state index contributed by atoms with van der Waals surface area (Å²) in [6, 6.07) is 8.28. The van der Waals surface area contributed by atoms with Crippen LogP contribution in [0.25, 0.3) is 11.3 Å². The van der Waals surface area contributed by atoms with Crippen LogP contribution < -0.4 is 10.2 Å². The van der Waals surface area contributed by atoms with Gasteiger partial charge in [-0.1, -0.05) is 19.3 Å². The summed E-state index contributed by atoms with van der Waals surface area (Å²) in [5.74, 6) is 1.19. The van der Waals surface area contributed by atoms with E-state index in [1.807, 2.05) is 22.4 Å². The van der Waals surface area contributed by atoms with Crippen molar-refractivity contribution in [1.29, 1.82) is 0 Å². The van der Waals surface area contributed by atoms with E-state index in [9.17, 15) is 13.2 Å². The van der Waals surface area contributed by atoms with Gasteiger partial charge >= 0.3 is 6.18 Å². The lowest BCUT2D eigenvalue weighted by molar-refractivity contribution is -0.137. The molecule has 3 heterocycles. The van der Waals surface area contributed by atoms with Gasteiger partial charge in [-0.2, -0.15) is 13.2 Å². The number of thiazole rings is 1. The van der Waals surface area contributed by atoms with Crippen LogP contribution in [0.4, 0.5) is 29.7 Å². The van der Waals surface area contributed by atoms with Gasteiger partial charge < -0.3 is 10.2 Å². The molecule has 0 bridgehead atoms. The van der Waals surface area contributed by atoms with E-state index in [0.717, 1.165) is 30.6 Å². The molecule has 2 aromatic heterocycles. The molecule has 1 N–H and O–H groups in total. The van der Waals surface area contributed by atoms with E-state index in [1.165, 1.54) is 36.7 Å². The summed E-state index contributed by atoms with van der Waals surface area (Å²) in [7, 11) is 0. The average molecular weight is 459 g/mol. The second kappa shape index (κ2) is 8.73. The third kappa shape index (κ3) is 4.46. The highest BCUT2D eigenvalue weighted by Gasteiger charge is 2.38. The van der Waals surface area contributed by atoms with Crippen molar-refractivity contribution >= 4 is 27.8 Å². The van der Waals surface area contributed by atoms with Gasteiger partial charge in [0.15, 0.2) is 5.13 Å². The number of hydrogen-bond donors (Lipinski definition) is 1. The van der Waals surface area contributed by atoms with Crippen molar-refractivity contribution in [3.8, 4) is 11.3 Å². The van der Waals surface area contributed by atoms with Crippen LogP contribution in [0.2, 0.25) is 0 Å². The van der Waals surface area contributed by atoms with Crippen molar-refractivity contribution in [2.45, 2.75) is 38.3 Å². The third-order valence-electron chi connectivity index (χ3n) is 6.65. The van der Waals surface area contributed by atoms with Crippen LogP contribution >= 0.6 is 11.3 Å². The van der Waals surface area contributed by atoms with Crippen molar-refractivity contribution in [3.05, 3.63) is 53.7 Å². The maximum Gasteiger partial charge on any atom is 0.418 e. The Kier molecular flexibility index (Phi) is 5.80. The van der Waals surface area contributed by atoms with Crippen molar-refractivity contribution in [1.82, 2.24) is 9.97 Å². The number of halogens is 3. The topological polar surface area (TPSA) is 41.1 Å². The number of nitrogens with zero attached hydrogens (tertiary/aromatic N) is 3. The Hall–Kier alpha value is -2.61. The fourth-order valence-corrected chi connectivity index (χ4v) is 5.78.